The van der Waals surface area contributed by atoms with Gasteiger partial charge in [-0.15, -0.1) is 0 Å². The minimum absolute atomic E-state index is 0.188. The van der Waals surface area contributed by atoms with Crippen molar-refractivity contribution in [3.05, 3.63) is 0 Å². The molecular weight excluding hydrogens is 244 g/mol. The van der Waals surface area contributed by atoms with Gasteiger partial charge in [-0.25, -0.2) is 0 Å². The molecule has 0 aromatic carbocycles. The van der Waals surface area contributed by atoms with Crippen LogP contribution in [-0.2, 0) is 4.74 Å². The minimum atomic E-state index is 0.188. The van der Waals surface area contributed by atoms with E-state index >= 15 is 0 Å². The van der Waals surface area contributed by atoms with Crippen LogP contribution >= 0.6 is 11.8 Å². The van der Waals surface area contributed by atoms with Crippen molar-refractivity contribution in [2.45, 2.75) is 62.5 Å². The van der Waals surface area contributed by atoms with Crippen LogP contribution < -0.4 is 5.73 Å². The summed E-state index contributed by atoms with van der Waals surface area (Å²) in [6, 6.07) is 0.628. The van der Waals surface area contributed by atoms with Crippen molar-refractivity contribution in [1.82, 2.24) is 4.90 Å². The van der Waals surface area contributed by atoms with Crippen molar-refractivity contribution >= 4 is 11.8 Å². The highest BCUT2D eigenvalue weighted by Crippen LogP contribution is 2.39. The van der Waals surface area contributed by atoms with Crippen molar-refractivity contribution in [2.75, 3.05) is 26.0 Å². The fourth-order valence-electron chi connectivity index (χ4n) is 3.65. The van der Waals surface area contributed by atoms with E-state index in [1.54, 1.807) is 0 Å². The second-order valence-corrected chi connectivity index (χ2v) is 7.38. The number of nitrogens with two attached hydrogens (primary N) is 1. The van der Waals surface area contributed by atoms with E-state index in [2.05, 4.69) is 30.5 Å². The second-order valence-electron chi connectivity index (χ2n) is 5.89. The fraction of sp³-hybridized carbons (Fsp3) is 1.00. The monoisotopic (exact) mass is 272 g/mol. The van der Waals surface area contributed by atoms with Gasteiger partial charge in [0.25, 0.3) is 0 Å². The van der Waals surface area contributed by atoms with Crippen molar-refractivity contribution in [3.8, 4) is 0 Å². The molecule has 106 valence electrons. The Labute approximate surface area is 116 Å². The zero-order chi connectivity index (χ0) is 13.2. The van der Waals surface area contributed by atoms with Crippen molar-refractivity contribution < 1.29 is 4.74 Å². The van der Waals surface area contributed by atoms with Crippen molar-refractivity contribution in [3.63, 3.8) is 0 Å². The summed E-state index contributed by atoms with van der Waals surface area (Å²) >= 11 is 2.10. The lowest BCUT2D eigenvalue weighted by Gasteiger charge is -2.53. The molecule has 4 atom stereocenters. The first-order valence-corrected chi connectivity index (χ1v) is 8.29. The smallest absolute Gasteiger partial charge is 0.0589 e. The Bertz CT molecular complexity index is 277. The number of hydrogen-bond donors (Lipinski definition) is 1. The first kappa shape index (κ1) is 14.6. The van der Waals surface area contributed by atoms with Gasteiger partial charge in [-0.05, 0) is 32.6 Å². The topological polar surface area (TPSA) is 38.5 Å². The van der Waals surface area contributed by atoms with Crippen LogP contribution in [0.5, 0.6) is 0 Å². The molecule has 0 amide bonds. The normalized spacial score (nSPS) is 43.0. The Morgan fingerprint density at radius 3 is 2.89 bits per heavy atom. The molecule has 0 spiro atoms. The fourth-order valence-corrected chi connectivity index (χ4v) is 4.75. The molecule has 1 heterocycles. The number of ether oxygens (including phenoxy) is 1. The summed E-state index contributed by atoms with van der Waals surface area (Å²) in [4.78, 5) is 2.69. The lowest BCUT2D eigenvalue weighted by molar-refractivity contribution is -0.0361. The van der Waals surface area contributed by atoms with E-state index in [0.717, 1.165) is 13.0 Å². The third-order valence-corrected chi connectivity index (χ3v) is 6.32. The first-order valence-electron chi connectivity index (χ1n) is 7.24. The van der Waals surface area contributed by atoms with Gasteiger partial charge in [0.05, 0.1) is 6.10 Å². The highest BCUT2D eigenvalue weighted by molar-refractivity contribution is 8.00. The average molecular weight is 272 g/mol. The number of nitrogens with zero attached hydrogens (tertiary/aromatic N) is 1. The van der Waals surface area contributed by atoms with Gasteiger partial charge in [-0.2, -0.15) is 11.8 Å². The van der Waals surface area contributed by atoms with E-state index in [1.165, 1.54) is 31.6 Å². The molecule has 1 aliphatic heterocycles. The van der Waals surface area contributed by atoms with Gasteiger partial charge in [0.15, 0.2) is 0 Å². The van der Waals surface area contributed by atoms with Gasteiger partial charge in [0, 0.05) is 42.8 Å². The van der Waals surface area contributed by atoms with Gasteiger partial charge in [0.2, 0.25) is 0 Å². The second kappa shape index (κ2) is 6.12. The summed E-state index contributed by atoms with van der Waals surface area (Å²) in [5.74, 6) is 1.24. The molecule has 1 aliphatic carbocycles. The Hall–Kier alpha value is 0.230. The van der Waals surface area contributed by atoms with E-state index in [1.807, 2.05) is 7.11 Å². The van der Waals surface area contributed by atoms with Crippen LogP contribution in [0.2, 0.25) is 0 Å². The molecule has 18 heavy (non-hydrogen) atoms. The zero-order valence-corrected chi connectivity index (χ0v) is 12.8. The standard InChI is InChI=1S/C14H28N2OS/c1-11-12(2)18-8-7-16(11)14(10-15)6-4-5-13(9-14)17-3/h11-13H,4-10,15H2,1-3H3. The quantitative estimate of drug-likeness (QED) is 0.854. The predicted octanol–water partition coefficient (Wildman–Crippen LogP) is 2.10. The Kier molecular flexibility index (Phi) is 4.98. The molecule has 0 radical (unpaired) electrons. The maximum atomic E-state index is 6.19. The molecule has 2 N–H and O–H groups in total. The van der Waals surface area contributed by atoms with E-state index in [-0.39, 0.29) is 5.54 Å². The summed E-state index contributed by atoms with van der Waals surface area (Å²) in [6.07, 6.45) is 5.21. The number of thioether (sulfide) groups is 1. The van der Waals surface area contributed by atoms with Crippen LogP contribution in [0.25, 0.3) is 0 Å². The van der Waals surface area contributed by atoms with Gasteiger partial charge >= 0.3 is 0 Å². The number of rotatable bonds is 3. The summed E-state index contributed by atoms with van der Waals surface area (Å²) in [6.45, 7) is 6.67. The maximum Gasteiger partial charge on any atom is 0.0589 e. The van der Waals surface area contributed by atoms with Gasteiger partial charge in [0.1, 0.15) is 0 Å². The Morgan fingerprint density at radius 2 is 2.22 bits per heavy atom. The van der Waals surface area contributed by atoms with Crippen LogP contribution in [-0.4, -0.2) is 53.8 Å². The lowest BCUT2D eigenvalue weighted by atomic mass is 9.77. The highest BCUT2D eigenvalue weighted by atomic mass is 32.2. The molecule has 3 nitrogen and oxygen atoms in total. The molecule has 4 heteroatoms. The van der Waals surface area contributed by atoms with Gasteiger partial charge in [-0.3, -0.25) is 4.90 Å². The Morgan fingerprint density at radius 1 is 1.44 bits per heavy atom. The number of methoxy groups -OCH3 is 1. The molecule has 1 saturated carbocycles. The molecule has 2 fully saturated rings. The first-order chi connectivity index (χ1) is 8.63. The third kappa shape index (κ3) is 2.72. The maximum absolute atomic E-state index is 6.19. The van der Waals surface area contributed by atoms with E-state index in [0.29, 0.717) is 17.4 Å². The SMILES string of the molecule is COC1CCCC(CN)(N2CCSC(C)C2C)C1. The highest BCUT2D eigenvalue weighted by Gasteiger charge is 2.44. The predicted molar refractivity (Wildman–Crippen MR) is 79.1 cm³/mol. The molecule has 0 bridgehead atoms. The Balaban J connectivity index is 2.15. The molecule has 0 aromatic rings. The molecular formula is C14H28N2OS. The summed E-state index contributed by atoms with van der Waals surface area (Å²) in [5, 5.41) is 0.713. The molecule has 4 unspecified atom stereocenters. The van der Waals surface area contributed by atoms with Crippen LogP contribution in [0.15, 0.2) is 0 Å². The van der Waals surface area contributed by atoms with Gasteiger partial charge < -0.3 is 10.5 Å². The summed E-state index contributed by atoms with van der Waals surface area (Å²) in [5.41, 5.74) is 6.38. The third-order valence-electron chi connectivity index (χ3n) is 4.98. The van der Waals surface area contributed by atoms with E-state index < -0.39 is 0 Å². The van der Waals surface area contributed by atoms with Crippen LogP contribution in [0.3, 0.4) is 0 Å². The van der Waals surface area contributed by atoms with Crippen LogP contribution in [0.4, 0.5) is 0 Å². The average Bonchev–Trinajstić information content (AvgIpc) is 2.41. The van der Waals surface area contributed by atoms with Crippen molar-refractivity contribution in [1.29, 1.82) is 0 Å². The molecule has 0 aromatic heterocycles. The van der Waals surface area contributed by atoms with Crippen LogP contribution in [0, 0.1) is 0 Å². The molecule has 2 rings (SSSR count). The number of hydrogen-bond acceptors (Lipinski definition) is 4. The summed E-state index contributed by atoms with van der Waals surface area (Å²) < 4.78 is 5.61. The molecule has 2 aliphatic rings. The largest absolute Gasteiger partial charge is 0.381 e. The van der Waals surface area contributed by atoms with E-state index in [4.69, 9.17) is 10.5 Å². The van der Waals surface area contributed by atoms with E-state index in [9.17, 15) is 0 Å². The van der Waals surface area contributed by atoms with Gasteiger partial charge in [-0.1, -0.05) is 6.92 Å². The van der Waals surface area contributed by atoms with Crippen molar-refractivity contribution in [2.24, 2.45) is 5.73 Å². The summed E-state index contributed by atoms with van der Waals surface area (Å²) in [7, 11) is 1.84. The minimum Gasteiger partial charge on any atom is -0.381 e. The zero-order valence-electron chi connectivity index (χ0n) is 12.0. The molecule has 1 saturated heterocycles. The van der Waals surface area contributed by atoms with Crippen LogP contribution in [0.1, 0.15) is 39.5 Å². The lowest BCUT2D eigenvalue weighted by Crippen LogP contribution is -2.63.